The van der Waals surface area contributed by atoms with E-state index in [4.69, 9.17) is 5.73 Å². The van der Waals surface area contributed by atoms with E-state index in [0.29, 0.717) is 6.54 Å². The van der Waals surface area contributed by atoms with Crippen molar-refractivity contribution in [3.63, 3.8) is 0 Å². The summed E-state index contributed by atoms with van der Waals surface area (Å²) in [6, 6.07) is 7.48. The number of anilines is 1. The van der Waals surface area contributed by atoms with E-state index in [1.165, 1.54) is 0 Å². The van der Waals surface area contributed by atoms with E-state index in [1.807, 2.05) is 45.2 Å². The number of nitrogens with one attached hydrogen (secondary N) is 1. The topological polar surface area (TPSA) is 58.4 Å². The van der Waals surface area contributed by atoms with Gasteiger partial charge >= 0.3 is 6.03 Å². The summed E-state index contributed by atoms with van der Waals surface area (Å²) in [5.74, 6) is 0. The van der Waals surface area contributed by atoms with Crippen molar-refractivity contribution in [3.05, 3.63) is 29.8 Å². The number of amides is 2. The molecule has 0 radical (unpaired) electrons. The van der Waals surface area contributed by atoms with Crippen molar-refractivity contribution in [2.75, 3.05) is 12.4 Å². The second-order valence-electron chi connectivity index (χ2n) is 5.06. The number of nitrogens with zero attached hydrogens (tertiary/aromatic N) is 1. The van der Waals surface area contributed by atoms with Gasteiger partial charge in [0.25, 0.3) is 0 Å². The van der Waals surface area contributed by atoms with Crippen LogP contribution in [-0.2, 0) is 6.54 Å². The molecule has 4 nitrogen and oxygen atoms in total. The van der Waals surface area contributed by atoms with E-state index in [2.05, 4.69) is 12.2 Å². The molecule has 0 bridgehead atoms. The molecule has 1 rings (SSSR count). The summed E-state index contributed by atoms with van der Waals surface area (Å²) in [5.41, 5.74) is 7.22. The zero-order chi connectivity index (χ0) is 13.8. The Labute approximate surface area is 109 Å². The van der Waals surface area contributed by atoms with Crippen LogP contribution in [0.3, 0.4) is 0 Å². The van der Waals surface area contributed by atoms with Crippen molar-refractivity contribution < 1.29 is 4.79 Å². The van der Waals surface area contributed by atoms with Gasteiger partial charge in [-0.15, -0.1) is 0 Å². The fraction of sp³-hybridized carbons (Fsp3) is 0.500. The van der Waals surface area contributed by atoms with Gasteiger partial charge in [0, 0.05) is 24.8 Å². The molecule has 0 unspecified atom stereocenters. The van der Waals surface area contributed by atoms with E-state index >= 15 is 0 Å². The Bertz CT molecular complexity index is 398. The number of nitrogens with two attached hydrogens (primary N) is 1. The monoisotopic (exact) mass is 249 g/mol. The smallest absolute Gasteiger partial charge is 0.322 e. The molecule has 100 valence electrons. The van der Waals surface area contributed by atoms with Crippen LogP contribution in [-0.4, -0.2) is 23.5 Å². The van der Waals surface area contributed by atoms with Crippen LogP contribution < -0.4 is 11.1 Å². The lowest BCUT2D eigenvalue weighted by Crippen LogP contribution is -2.46. The number of benzene rings is 1. The molecule has 0 fully saturated rings. The molecule has 0 heterocycles. The number of carbonyl (C=O) groups excluding carboxylic acids is 1. The zero-order valence-electron chi connectivity index (χ0n) is 11.7. The summed E-state index contributed by atoms with van der Waals surface area (Å²) in [5, 5.41) is 2.88. The largest absolute Gasteiger partial charge is 0.326 e. The van der Waals surface area contributed by atoms with Crippen LogP contribution in [0.2, 0.25) is 0 Å². The fourth-order valence-electron chi connectivity index (χ4n) is 1.44. The molecule has 4 heteroatoms. The average Bonchev–Trinajstić information content (AvgIpc) is 2.38. The maximum absolute atomic E-state index is 12.1. The number of rotatable bonds is 4. The molecule has 18 heavy (non-hydrogen) atoms. The summed E-state index contributed by atoms with van der Waals surface area (Å²) >= 11 is 0. The molecule has 0 aliphatic heterocycles. The van der Waals surface area contributed by atoms with Crippen LogP contribution in [0.4, 0.5) is 10.5 Å². The lowest BCUT2D eigenvalue weighted by atomic mass is 10.0. The molecule has 0 atom stereocenters. The van der Waals surface area contributed by atoms with Crippen LogP contribution in [0.1, 0.15) is 32.8 Å². The van der Waals surface area contributed by atoms with Crippen molar-refractivity contribution in [2.45, 2.75) is 39.3 Å². The summed E-state index contributed by atoms with van der Waals surface area (Å²) in [4.78, 5) is 13.8. The van der Waals surface area contributed by atoms with E-state index in [1.54, 1.807) is 4.90 Å². The number of carbonyl (C=O) groups is 1. The predicted molar refractivity (Wildman–Crippen MR) is 75.5 cm³/mol. The molecule has 0 saturated heterocycles. The van der Waals surface area contributed by atoms with Crippen LogP contribution >= 0.6 is 0 Å². The minimum Gasteiger partial charge on any atom is -0.326 e. The van der Waals surface area contributed by atoms with Crippen LogP contribution in [0.25, 0.3) is 0 Å². The Hall–Kier alpha value is -1.55. The van der Waals surface area contributed by atoms with Crippen molar-refractivity contribution in [1.82, 2.24) is 4.90 Å². The third kappa shape index (κ3) is 3.47. The third-order valence-electron chi connectivity index (χ3n) is 3.52. The van der Waals surface area contributed by atoms with Gasteiger partial charge in [-0.05, 0) is 38.0 Å². The van der Waals surface area contributed by atoms with E-state index in [9.17, 15) is 4.79 Å². The second-order valence-corrected chi connectivity index (χ2v) is 5.06. The lowest BCUT2D eigenvalue weighted by Gasteiger charge is -2.34. The minimum absolute atomic E-state index is 0.0950. The summed E-state index contributed by atoms with van der Waals surface area (Å²) in [7, 11) is 1.81. The maximum Gasteiger partial charge on any atom is 0.322 e. The molecule has 0 saturated carbocycles. The highest BCUT2D eigenvalue weighted by molar-refractivity contribution is 5.89. The Balaban J connectivity index is 2.69. The quantitative estimate of drug-likeness (QED) is 0.862. The van der Waals surface area contributed by atoms with Crippen molar-refractivity contribution >= 4 is 11.7 Å². The molecule has 2 amide bonds. The molecule has 0 aliphatic carbocycles. The maximum atomic E-state index is 12.1. The summed E-state index contributed by atoms with van der Waals surface area (Å²) < 4.78 is 0. The van der Waals surface area contributed by atoms with Gasteiger partial charge in [0.05, 0.1) is 0 Å². The molecule has 0 aliphatic rings. The van der Waals surface area contributed by atoms with Gasteiger partial charge in [0.1, 0.15) is 0 Å². The lowest BCUT2D eigenvalue weighted by molar-refractivity contribution is 0.165. The molecule has 3 N–H and O–H groups in total. The van der Waals surface area contributed by atoms with Gasteiger partial charge in [-0.2, -0.15) is 0 Å². The highest BCUT2D eigenvalue weighted by Gasteiger charge is 2.25. The molecule has 0 spiro atoms. The normalized spacial score (nSPS) is 11.2. The van der Waals surface area contributed by atoms with Gasteiger partial charge in [-0.1, -0.05) is 19.1 Å². The number of urea groups is 1. The first-order chi connectivity index (χ1) is 8.40. The molecule has 1 aromatic carbocycles. The first kappa shape index (κ1) is 14.5. The molecule has 0 aromatic heterocycles. The Morgan fingerprint density at radius 1 is 1.33 bits per heavy atom. The molecular formula is C14H23N3O. The summed E-state index contributed by atoms with van der Waals surface area (Å²) in [6.07, 6.45) is 0.906. The van der Waals surface area contributed by atoms with Gasteiger partial charge in [-0.25, -0.2) is 4.79 Å². The number of hydrogen-bond donors (Lipinski definition) is 2. The first-order valence-corrected chi connectivity index (χ1v) is 6.24. The fourth-order valence-corrected chi connectivity index (χ4v) is 1.44. The van der Waals surface area contributed by atoms with Crippen LogP contribution in [0.15, 0.2) is 24.3 Å². The van der Waals surface area contributed by atoms with Gasteiger partial charge in [-0.3, -0.25) is 0 Å². The van der Waals surface area contributed by atoms with Gasteiger partial charge in [0.15, 0.2) is 0 Å². The first-order valence-electron chi connectivity index (χ1n) is 6.24. The van der Waals surface area contributed by atoms with E-state index < -0.39 is 0 Å². The van der Waals surface area contributed by atoms with Gasteiger partial charge in [0.2, 0.25) is 0 Å². The van der Waals surface area contributed by atoms with Crippen LogP contribution in [0, 0.1) is 0 Å². The Morgan fingerprint density at radius 2 is 1.89 bits per heavy atom. The standard InChI is InChI=1S/C14H23N3O/c1-5-14(2,3)17(4)13(18)16-12-8-6-11(10-15)7-9-12/h6-9H,5,10,15H2,1-4H3,(H,16,18). The Morgan fingerprint density at radius 3 is 2.33 bits per heavy atom. The average molecular weight is 249 g/mol. The highest BCUT2D eigenvalue weighted by atomic mass is 16.2. The predicted octanol–water partition coefficient (Wildman–Crippen LogP) is 2.80. The SMILES string of the molecule is CCC(C)(C)N(C)C(=O)Nc1ccc(CN)cc1. The van der Waals surface area contributed by atoms with Crippen LogP contribution in [0.5, 0.6) is 0 Å². The number of hydrogen-bond acceptors (Lipinski definition) is 2. The van der Waals surface area contributed by atoms with Gasteiger partial charge < -0.3 is 16.0 Å². The summed E-state index contributed by atoms with van der Waals surface area (Å²) in [6.45, 7) is 6.67. The molecule has 1 aromatic rings. The molecular weight excluding hydrogens is 226 g/mol. The van der Waals surface area contributed by atoms with E-state index in [-0.39, 0.29) is 11.6 Å². The third-order valence-corrected chi connectivity index (χ3v) is 3.52. The van der Waals surface area contributed by atoms with Crippen molar-refractivity contribution in [1.29, 1.82) is 0 Å². The Kier molecular flexibility index (Phi) is 4.73. The minimum atomic E-state index is -0.152. The van der Waals surface area contributed by atoms with Crippen molar-refractivity contribution in [3.8, 4) is 0 Å². The van der Waals surface area contributed by atoms with E-state index in [0.717, 1.165) is 17.7 Å². The second kappa shape index (κ2) is 5.87. The zero-order valence-corrected chi connectivity index (χ0v) is 11.7. The van der Waals surface area contributed by atoms with Crippen molar-refractivity contribution in [2.24, 2.45) is 5.73 Å². The highest BCUT2D eigenvalue weighted by Crippen LogP contribution is 2.18.